The van der Waals surface area contributed by atoms with Crippen molar-refractivity contribution in [2.45, 2.75) is 63.8 Å². The van der Waals surface area contributed by atoms with Gasteiger partial charge in [0, 0.05) is 34.0 Å². The van der Waals surface area contributed by atoms with Gasteiger partial charge in [-0.1, -0.05) is 52.0 Å². The molecule has 0 radical (unpaired) electrons. The molecular weight excluding hydrogens is 460 g/mol. The summed E-state index contributed by atoms with van der Waals surface area (Å²) >= 11 is 0. The van der Waals surface area contributed by atoms with Crippen molar-refractivity contribution in [1.82, 2.24) is 19.2 Å². The fourth-order valence-corrected chi connectivity index (χ4v) is 5.12. The number of carbonyl (C=O) groups excluding carboxylic acids is 1. The van der Waals surface area contributed by atoms with Crippen LogP contribution in [0.3, 0.4) is 0 Å². The molecule has 0 saturated carbocycles. The average molecular weight is 499 g/mol. The molecule has 2 aromatic carbocycles. The normalized spacial score (nSPS) is 14.0. The Morgan fingerprint density at radius 3 is 2.26 bits per heavy atom. The molecule has 0 aliphatic rings. The number of nitrogens with one attached hydrogen (secondary N) is 1. The quantitative estimate of drug-likeness (QED) is 0.436. The van der Waals surface area contributed by atoms with Crippen LogP contribution < -0.4 is 5.32 Å². The number of imidazole rings is 1. The highest BCUT2D eigenvalue weighted by Crippen LogP contribution is 2.26. The lowest BCUT2D eigenvalue weighted by Gasteiger charge is -2.23. The van der Waals surface area contributed by atoms with Crippen LogP contribution in [0, 0.1) is 5.92 Å². The van der Waals surface area contributed by atoms with Crippen LogP contribution in [0.4, 0.5) is 0 Å². The third kappa shape index (κ3) is 5.93. The number of hydrogen-bond donors (Lipinski definition) is 1. The van der Waals surface area contributed by atoms with Crippen LogP contribution in [0.5, 0.6) is 0 Å². The van der Waals surface area contributed by atoms with Crippen LogP contribution in [0.25, 0.3) is 11.0 Å². The molecule has 1 N–H and O–H groups in total. The van der Waals surface area contributed by atoms with Crippen molar-refractivity contribution in [2.24, 2.45) is 13.0 Å². The lowest BCUT2D eigenvalue weighted by molar-refractivity contribution is -0.122. The van der Waals surface area contributed by atoms with Gasteiger partial charge in [0.05, 0.1) is 22.0 Å². The first-order valence-corrected chi connectivity index (χ1v) is 13.7. The molecule has 7 nitrogen and oxygen atoms in total. The number of rotatable bonds is 10. The molecule has 2 atom stereocenters. The summed E-state index contributed by atoms with van der Waals surface area (Å²) in [5, 5.41) is 3.20. The zero-order valence-electron chi connectivity index (χ0n) is 21.9. The summed E-state index contributed by atoms with van der Waals surface area (Å²) < 4.78 is 28.0. The molecule has 0 aliphatic heterocycles. The smallest absolute Gasteiger partial charge is 0.242 e. The summed E-state index contributed by atoms with van der Waals surface area (Å²) in [6.45, 7) is 8.63. The lowest BCUT2D eigenvalue weighted by atomic mass is 9.92. The van der Waals surface area contributed by atoms with Crippen LogP contribution in [-0.2, 0) is 28.3 Å². The van der Waals surface area contributed by atoms with E-state index in [0.29, 0.717) is 24.3 Å². The van der Waals surface area contributed by atoms with Crippen molar-refractivity contribution in [3.05, 3.63) is 59.4 Å². The van der Waals surface area contributed by atoms with E-state index in [-0.39, 0.29) is 22.8 Å². The van der Waals surface area contributed by atoms with E-state index in [1.807, 2.05) is 11.6 Å². The van der Waals surface area contributed by atoms with Crippen molar-refractivity contribution in [2.75, 3.05) is 14.1 Å². The average Bonchev–Trinajstić information content (AvgIpc) is 3.15. The molecule has 190 valence electrons. The van der Waals surface area contributed by atoms with E-state index in [2.05, 4.69) is 62.3 Å². The predicted octanol–water partition coefficient (Wildman–Crippen LogP) is 4.78. The molecule has 0 aliphatic carbocycles. The van der Waals surface area contributed by atoms with Gasteiger partial charge in [-0.05, 0) is 47.6 Å². The molecule has 0 spiro atoms. The highest BCUT2D eigenvalue weighted by molar-refractivity contribution is 7.89. The second-order valence-corrected chi connectivity index (χ2v) is 11.9. The standard InChI is InChI=1S/C27H38N4O3S/c1-8-19(4)20-9-11-21(12-10-20)27(18(2)3)29-26(32)16-15-25-28-23-17-22(35(33,34)30(5)6)13-14-24(23)31(25)7/h9-14,17-19,27H,8,15-16H2,1-7H3,(H,29,32). The van der Waals surface area contributed by atoms with Crippen LogP contribution in [-0.4, -0.2) is 42.3 Å². The lowest BCUT2D eigenvalue weighted by Crippen LogP contribution is -2.32. The Balaban J connectivity index is 1.72. The fourth-order valence-electron chi connectivity index (χ4n) is 4.20. The van der Waals surface area contributed by atoms with Gasteiger partial charge in [0.1, 0.15) is 5.82 Å². The van der Waals surface area contributed by atoms with Gasteiger partial charge in [-0.15, -0.1) is 0 Å². The zero-order chi connectivity index (χ0) is 25.9. The van der Waals surface area contributed by atoms with E-state index in [4.69, 9.17) is 0 Å². The summed E-state index contributed by atoms with van der Waals surface area (Å²) in [6.07, 6.45) is 1.86. The molecule has 0 bridgehead atoms. The van der Waals surface area contributed by atoms with E-state index in [1.54, 1.807) is 18.2 Å². The fraction of sp³-hybridized carbons (Fsp3) is 0.481. The third-order valence-electron chi connectivity index (χ3n) is 6.76. The summed E-state index contributed by atoms with van der Waals surface area (Å²) in [4.78, 5) is 17.7. The maximum atomic E-state index is 12.9. The van der Waals surface area contributed by atoms with Gasteiger partial charge in [0.25, 0.3) is 0 Å². The number of fused-ring (bicyclic) bond motifs is 1. The van der Waals surface area contributed by atoms with Crippen LogP contribution in [0.1, 0.15) is 69.4 Å². The SMILES string of the molecule is CCC(C)c1ccc(C(NC(=O)CCc2nc3cc(S(=O)(=O)N(C)C)ccc3n2C)C(C)C)cc1. The third-order valence-corrected chi connectivity index (χ3v) is 8.57. The Hall–Kier alpha value is -2.71. The van der Waals surface area contributed by atoms with Crippen molar-refractivity contribution in [1.29, 1.82) is 0 Å². The summed E-state index contributed by atoms with van der Waals surface area (Å²) in [6, 6.07) is 13.5. The first-order chi connectivity index (χ1) is 16.4. The number of aryl methyl sites for hydroxylation is 2. The number of sulfonamides is 1. The molecule has 1 amide bonds. The number of nitrogens with zero attached hydrogens (tertiary/aromatic N) is 3. The molecule has 0 fully saturated rings. The molecule has 8 heteroatoms. The topological polar surface area (TPSA) is 84.3 Å². The minimum absolute atomic E-state index is 0.0300. The van der Waals surface area contributed by atoms with Gasteiger partial charge < -0.3 is 9.88 Å². The largest absolute Gasteiger partial charge is 0.349 e. The van der Waals surface area contributed by atoms with Gasteiger partial charge in [-0.3, -0.25) is 4.79 Å². The number of benzene rings is 2. The minimum Gasteiger partial charge on any atom is -0.349 e. The number of amides is 1. The van der Waals surface area contributed by atoms with E-state index in [9.17, 15) is 13.2 Å². The maximum Gasteiger partial charge on any atom is 0.242 e. The molecular formula is C27H38N4O3S. The van der Waals surface area contributed by atoms with Gasteiger partial charge in [-0.2, -0.15) is 0 Å². The number of carbonyl (C=O) groups is 1. The molecule has 0 saturated heterocycles. The first kappa shape index (κ1) is 26.9. The Bertz CT molecular complexity index is 1280. The number of hydrogen-bond acceptors (Lipinski definition) is 4. The Labute approximate surface area is 209 Å². The summed E-state index contributed by atoms with van der Waals surface area (Å²) in [5.74, 6) is 1.48. The van der Waals surface area contributed by atoms with Gasteiger partial charge in [0.2, 0.25) is 15.9 Å². The molecule has 3 aromatic rings. The minimum atomic E-state index is -3.54. The monoisotopic (exact) mass is 498 g/mol. The van der Waals surface area contributed by atoms with Gasteiger partial charge in [-0.25, -0.2) is 17.7 Å². The molecule has 35 heavy (non-hydrogen) atoms. The van der Waals surface area contributed by atoms with Crippen molar-refractivity contribution < 1.29 is 13.2 Å². The second kappa shape index (κ2) is 10.9. The first-order valence-electron chi connectivity index (χ1n) is 12.2. The van der Waals surface area contributed by atoms with Gasteiger partial charge in [0.15, 0.2) is 0 Å². The highest BCUT2D eigenvalue weighted by atomic mass is 32.2. The van der Waals surface area contributed by atoms with Gasteiger partial charge >= 0.3 is 0 Å². The second-order valence-electron chi connectivity index (χ2n) is 9.79. The van der Waals surface area contributed by atoms with Crippen LogP contribution in [0.15, 0.2) is 47.4 Å². The summed E-state index contributed by atoms with van der Waals surface area (Å²) in [7, 11) is 1.37. The summed E-state index contributed by atoms with van der Waals surface area (Å²) in [5.41, 5.74) is 3.86. The van der Waals surface area contributed by atoms with Crippen molar-refractivity contribution in [3.63, 3.8) is 0 Å². The Kier molecular flexibility index (Phi) is 8.38. The molecule has 1 heterocycles. The number of aromatic nitrogens is 2. The predicted molar refractivity (Wildman–Crippen MR) is 141 cm³/mol. The van der Waals surface area contributed by atoms with E-state index in [0.717, 1.165) is 23.3 Å². The molecule has 3 rings (SSSR count). The molecule has 1 aromatic heterocycles. The maximum absolute atomic E-state index is 12.9. The van der Waals surface area contributed by atoms with Crippen molar-refractivity contribution >= 4 is 27.0 Å². The molecule has 2 unspecified atom stereocenters. The Morgan fingerprint density at radius 1 is 1.06 bits per heavy atom. The van der Waals surface area contributed by atoms with E-state index < -0.39 is 10.0 Å². The highest BCUT2D eigenvalue weighted by Gasteiger charge is 2.21. The zero-order valence-corrected chi connectivity index (χ0v) is 22.7. The van der Waals surface area contributed by atoms with E-state index in [1.165, 1.54) is 24.0 Å². The van der Waals surface area contributed by atoms with Crippen molar-refractivity contribution in [3.8, 4) is 0 Å². The Morgan fingerprint density at radius 2 is 1.69 bits per heavy atom. The van der Waals surface area contributed by atoms with Crippen LogP contribution >= 0.6 is 0 Å². The van der Waals surface area contributed by atoms with Crippen LogP contribution in [0.2, 0.25) is 0 Å². The van der Waals surface area contributed by atoms with E-state index >= 15 is 0 Å².